The number of aromatic nitrogens is 1. The van der Waals surface area contributed by atoms with Crippen LogP contribution in [0.2, 0.25) is 0 Å². The van der Waals surface area contributed by atoms with Gasteiger partial charge >= 0.3 is 0 Å². The van der Waals surface area contributed by atoms with E-state index in [2.05, 4.69) is 23.0 Å². The standard InChI is InChI=1S/C28H25N3O3/c1-20(19-34-23-12-6-3-7-13-23)17-30-18-21(24-14-8-9-15-26(24)30)16-25-27(32)29-31(28(25)33)22-10-4-2-5-11-22/h2-16,18,20H,17,19H2,1H3,(H,29,32)/b25-16+/t20-/m1/s1. The topological polar surface area (TPSA) is 63.6 Å². The van der Waals surface area contributed by atoms with E-state index in [4.69, 9.17) is 4.74 Å². The molecule has 170 valence electrons. The van der Waals surface area contributed by atoms with Gasteiger partial charge in [-0.2, -0.15) is 0 Å². The van der Waals surface area contributed by atoms with Crippen LogP contribution < -0.4 is 15.2 Å². The number of hydrazine groups is 1. The van der Waals surface area contributed by atoms with Crippen LogP contribution in [0.25, 0.3) is 17.0 Å². The molecule has 0 aliphatic carbocycles. The zero-order chi connectivity index (χ0) is 23.5. The quantitative estimate of drug-likeness (QED) is 0.324. The number of ether oxygens (including phenoxy) is 1. The highest BCUT2D eigenvalue weighted by molar-refractivity contribution is 6.32. The third-order valence-electron chi connectivity index (χ3n) is 5.81. The third kappa shape index (κ3) is 4.30. The van der Waals surface area contributed by atoms with Gasteiger partial charge in [-0.1, -0.05) is 61.5 Å². The summed E-state index contributed by atoms with van der Waals surface area (Å²) < 4.78 is 8.08. The van der Waals surface area contributed by atoms with E-state index >= 15 is 0 Å². The summed E-state index contributed by atoms with van der Waals surface area (Å²) in [6, 6.07) is 26.9. The summed E-state index contributed by atoms with van der Waals surface area (Å²) in [6.45, 7) is 3.47. The van der Waals surface area contributed by atoms with Crippen molar-refractivity contribution in [2.75, 3.05) is 11.6 Å². The molecule has 6 nitrogen and oxygen atoms in total. The van der Waals surface area contributed by atoms with Crippen molar-refractivity contribution in [2.45, 2.75) is 13.5 Å². The predicted molar refractivity (Wildman–Crippen MR) is 133 cm³/mol. The number of fused-ring (bicyclic) bond motifs is 1. The van der Waals surface area contributed by atoms with E-state index in [0.29, 0.717) is 12.3 Å². The molecule has 3 aromatic carbocycles. The molecule has 2 heterocycles. The van der Waals surface area contributed by atoms with Gasteiger partial charge in [0, 0.05) is 35.1 Å². The maximum absolute atomic E-state index is 13.0. The predicted octanol–water partition coefficient (Wildman–Crippen LogP) is 4.82. The zero-order valence-corrected chi connectivity index (χ0v) is 18.8. The van der Waals surface area contributed by atoms with Crippen LogP contribution >= 0.6 is 0 Å². The van der Waals surface area contributed by atoms with Gasteiger partial charge in [-0.3, -0.25) is 15.0 Å². The second-order valence-electron chi connectivity index (χ2n) is 8.46. The lowest BCUT2D eigenvalue weighted by atomic mass is 10.1. The number of hydrogen-bond donors (Lipinski definition) is 1. The number of nitrogens with zero attached hydrogens (tertiary/aromatic N) is 2. The van der Waals surface area contributed by atoms with Gasteiger partial charge in [0.1, 0.15) is 11.3 Å². The Hall–Kier alpha value is -4.32. The SMILES string of the molecule is C[C@@H](COc1ccccc1)Cn1cc(/C=C2\C(=O)NN(c3ccccc3)C2=O)c2ccccc21. The Kier molecular flexibility index (Phi) is 5.87. The van der Waals surface area contributed by atoms with E-state index in [0.717, 1.165) is 28.8 Å². The van der Waals surface area contributed by atoms with Gasteiger partial charge in [0.05, 0.1) is 12.3 Å². The van der Waals surface area contributed by atoms with E-state index in [9.17, 15) is 9.59 Å². The first kappa shape index (κ1) is 21.5. The summed E-state index contributed by atoms with van der Waals surface area (Å²) >= 11 is 0. The highest BCUT2D eigenvalue weighted by atomic mass is 16.5. The molecule has 6 heteroatoms. The normalized spacial score (nSPS) is 15.7. The molecule has 4 aromatic rings. The molecule has 1 aliphatic heterocycles. The Morgan fingerprint density at radius 1 is 0.912 bits per heavy atom. The van der Waals surface area contributed by atoms with Crippen molar-refractivity contribution in [1.82, 2.24) is 9.99 Å². The summed E-state index contributed by atoms with van der Waals surface area (Å²) in [6.07, 6.45) is 3.69. The molecule has 0 spiro atoms. The third-order valence-corrected chi connectivity index (χ3v) is 5.81. The van der Waals surface area contributed by atoms with Gasteiger partial charge in [-0.05, 0) is 36.4 Å². The summed E-state index contributed by atoms with van der Waals surface area (Å²) in [4.78, 5) is 25.7. The Balaban J connectivity index is 1.40. The second kappa shape index (κ2) is 9.27. The van der Waals surface area contributed by atoms with Crippen LogP contribution in [0.3, 0.4) is 0 Å². The molecule has 1 N–H and O–H groups in total. The molecule has 2 amide bonds. The fraction of sp³-hybridized carbons (Fsp3) is 0.143. The first-order valence-electron chi connectivity index (χ1n) is 11.3. The number of nitrogens with one attached hydrogen (secondary N) is 1. The molecule has 5 rings (SSSR count). The minimum absolute atomic E-state index is 0.118. The summed E-state index contributed by atoms with van der Waals surface area (Å²) in [7, 11) is 0. The highest BCUT2D eigenvalue weighted by Crippen LogP contribution is 2.27. The zero-order valence-electron chi connectivity index (χ0n) is 18.8. The Morgan fingerprint density at radius 3 is 2.35 bits per heavy atom. The number of anilines is 1. The minimum Gasteiger partial charge on any atom is -0.493 e. The first-order chi connectivity index (χ1) is 16.6. The van der Waals surface area contributed by atoms with Gasteiger partial charge in [-0.25, -0.2) is 5.01 Å². The number of benzene rings is 3. The summed E-state index contributed by atoms with van der Waals surface area (Å²) in [5, 5.41) is 2.28. The van der Waals surface area contributed by atoms with Gasteiger partial charge in [0.15, 0.2) is 0 Å². The summed E-state index contributed by atoms with van der Waals surface area (Å²) in [5.74, 6) is 0.334. The van der Waals surface area contributed by atoms with Crippen LogP contribution in [0, 0.1) is 5.92 Å². The molecule has 0 radical (unpaired) electrons. The number of para-hydroxylation sites is 3. The van der Waals surface area contributed by atoms with E-state index in [1.165, 1.54) is 5.01 Å². The Bertz CT molecular complexity index is 1360. The van der Waals surface area contributed by atoms with Gasteiger partial charge in [0.25, 0.3) is 11.8 Å². The van der Waals surface area contributed by atoms with Crippen molar-refractivity contribution in [1.29, 1.82) is 0 Å². The molecule has 0 unspecified atom stereocenters. The molecule has 1 aliphatic rings. The molecular weight excluding hydrogens is 426 g/mol. The van der Waals surface area contributed by atoms with Crippen molar-refractivity contribution in [3.63, 3.8) is 0 Å². The average molecular weight is 452 g/mol. The molecular formula is C28H25N3O3. The first-order valence-corrected chi connectivity index (χ1v) is 11.3. The Labute approximate surface area is 198 Å². The van der Waals surface area contributed by atoms with E-state index < -0.39 is 5.91 Å². The molecule has 1 atom stereocenters. The molecule has 0 bridgehead atoms. The lowest BCUT2D eigenvalue weighted by Gasteiger charge is -2.15. The van der Waals surface area contributed by atoms with Crippen LogP contribution in [0.5, 0.6) is 5.75 Å². The molecule has 0 saturated carbocycles. The van der Waals surface area contributed by atoms with E-state index in [1.807, 2.05) is 72.9 Å². The molecule has 1 saturated heterocycles. The fourth-order valence-corrected chi connectivity index (χ4v) is 4.16. The molecule has 34 heavy (non-hydrogen) atoms. The van der Waals surface area contributed by atoms with Crippen molar-refractivity contribution in [2.24, 2.45) is 5.92 Å². The van der Waals surface area contributed by atoms with Crippen LogP contribution in [0.15, 0.2) is 96.7 Å². The highest BCUT2D eigenvalue weighted by Gasteiger charge is 2.34. The largest absolute Gasteiger partial charge is 0.493 e. The van der Waals surface area contributed by atoms with Gasteiger partial charge in [-0.15, -0.1) is 0 Å². The van der Waals surface area contributed by atoms with Gasteiger partial charge < -0.3 is 9.30 Å². The number of amides is 2. The van der Waals surface area contributed by atoms with Crippen molar-refractivity contribution >= 4 is 34.5 Å². The molecule has 1 fully saturated rings. The average Bonchev–Trinajstić information content (AvgIpc) is 3.36. The van der Waals surface area contributed by atoms with Crippen molar-refractivity contribution in [3.8, 4) is 5.75 Å². The van der Waals surface area contributed by atoms with Crippen LogP contribution in [-0.2, 0) is 16.1 Å². The number of rotatable bonds is 7. The lowest BCUT2D eigenvalue weighted by molar-refractivity contribution is -0.117. The van der Waals surface area contributed by atoms with Gasteiger partial charge in [0.2, 0.25) is 0 Å². The van der Waals surface area contributed by atoms with Crippen LogP contribution in [0.1, 0.15) is 12.5 Å². The van der Waals surface area contributed by atoms with Crippen molar-refractivity contribution in [3.05, 3.63) is 102 Å². The number of carbonyl (C=O) groups is 2. The molecule has 1 aromatic heterocycles. The van der Waals surface area contributed by atoms with Crippen LogP contribution in [-0.4, -0.2) is 23.0 Å². The maximum atomic E-state index is 13.0. The minimum atomic E-state index is -0.407. The second-order valence-corrected chi connectivity index (χ2v) is 8.46. The number of hydrogen-bond acceptors (Lipinski definition) is 3. The fourth-order valence-electron chi connectivity index (χ4n) is 4.16. The summed E-state index contributed by atoms with van der Waals surface area (Å²) in [5.41, 5.74) is 5.29. The smallest absolute Gasteiger partial charge is 0.282 e. The monoisotopic (exact) mass is 451 g/mol. The number of carbonyl (C=O) groups excluding carboxylic acids is 2. The van der Waals surface area contributed by atoms with Crippen LogP contribution in [0.4, 0.5) is 5.69 Å². The lowest BCUT2D eigenvalue weighted by Crippen LogP contribution is -2.35. The van der Waals surface area contributed by atoms with Crippen molar-refractivity contribution < 1.29 is 14.3 Å². The van der Waals surface area contributed by atoms with E-state index in [-0.39, 0.29) is 17.4 Å². The van der Waals surface area contributed by atoms with E-state index in [1.54, 1.807) is 18.2 Å². The maximum Gasteiger partial charge on any atom is 0.282 e. The Morgan fingerprint density at radius 2 is 1.59 bits per heavy atom.